The zero-order chi connectivity index (χ0) is 17.8. The molecule has 0 atom stereocenters. The fourth-order valence-corrected chi connectivity index (χ4v) is 3.38. The second-order valence-electron chi connectivity index (χ2n) is 6.00. The van der Waals surface area contributed by atoms with Crippen LogP contribution in [0.2, 0.25) is 0 Å². The Hall–Kier alpha value is -2.53. The highest BCUT2D eigenvalue weighted by Gasteiger charge is 2.09. The average Bonchev–Trinajstić information content (AvgIpc) is 2.98. The molecule has 1 aromatic heterocycles. The molecule has 2 aromatic carbocycles. The number of hydrogen-bond acceptors (Lipinski definition) is 3. The Balaban J connectivity index is 2.14. The van der Waals surface area contributed by atoms with Gasteiger partial charge in [0.05, 0.1) is 11.4 Å². The molecule has 0 aliphatic rings. The van der Waals surface area contributed by atoms with E-state index in [9.17, 15) is 4.39 Å². The number of hydrogen-bond donors (Lipinski definition) is 0. The van der Waals surface area contributed by atoms with Gasteiger partial charge in [0.25, 0.3) is 0 Å². The molecule has 0 saturated carbocycles. The summed E-state index contributed by atoms with van der Waals surface area (Å²) < 4.78 is 15.0. The van der Waals surface area contributed by atoms with Gasteiger partial charge in [-0.15, -0.1) is 11.3 Å². The second-order valence-corrected chi connectivity index (χ2v) is 6.83. The van der Waals surface area contributed by atoms with Gasteiger partial charge >= 0.3 is 0 Å². The fraction of sp³-hybridized carbons (Fsp3) is 0.200. The number of rotatable bonds is 4. The van der Waals surface area contributed by atoms with Crippen molar-refractivity contribution in [1.82, 2.24) is 4.68 Å². The van der Waals surface area contributed by atoms with E-state index in [0.717, 1.165) is 27.3 Å². The SMILES string of the molecule is CC(=Nn1c(-c2ccccc2)csc1=NC(C)C)c1ccc(F)cc1. The van der Waals surface area contributed by atoms with Crippen LogP contribution in [-0.2, 0) is 0 Å². The lowest BCUT2D eigenvalue weighted by molar-refractivity contribution is 0.627. The first-order chi connectivity index (χ1) is 12.0. The van der Waals surface area contributed by atoms with Crippen LogP contribution in [0, 0.1) is 5.82 Å². The summed E-state index contributed by atoms with van der Waals surface area (Å²) in [5, 5.41) is 6.84. The minimum atomic E-state index is -0.250. The van der Waals surface area contributed by atoms with Crippen LogP contribution in [0.15, 0.2) is 70.1 Å². The highest BCUT2D eigenvalue weighted by Crippen LogP contribution is 2.20. The van der Waals surface area contributed by atoms with E-state index >= 15 is 0 Å². The summed E-state index contributed by atoms with van der Waals surface area (Å²) in [5.41, 5.74) is 3.77. The van der Waals surface area contributed by atoms with Crippen LogP contribution in [0.25, 0.3) is 11.3 Å². The van der Waals surface area contributed by atoms with Crippen molar-refractivity contribution < 1.29 is 4.39 Å². The molecule has 0 saturated heterocycles. The molecule has 3 aromatic rings. The van der Waals surface area contributed by atoms with Crippen molar-refractivity contribution >= 4 is 17.0 Å². The number of benzene rings is 2. The van der Waals surface area contributed by atoms with Crippen LogP contribution in [0.1, 0.15) is 26.3 Å². The zero-order valence-electron chi connectivity index (χ0n) is 14.5. The molecule has 0 unspecified atom stereocenters. The maximum Gasteiger partial charge on any atom is 0.206 e. The second kappa shape index (κ2) is 7.57. The zero-order valence-corrected chi connectivity index (χ0v) is 15.3. The van der Waals surface area contributed by atoms with E-state index in [1.165, 1.54) is 12.1 Å². The molecule has 128 valence electrons. The van der Waals surface area contributed by atoms with E-state index in [2.05, 4.69) is 22.5 Å². The molecule has 0 amide bonds. The minimum Gasteiger partial charge on any atom is -0.255 e. The van der Waals surface area contributed by atoms with Crippen LogP contribution in [0.3, 0.4) is 0 Å². The van der Waals surface area contributed by atoms with E-state index in [1.807, 2.05) is 43.6 Å². The van der Waals surface area contributed by atoms with Gasteiger partial charge in [-0.3, -0.25) is 4.99 Å². The molecule has 0 aliphatic heterocycles. The molecule has 1 heterocycles. The van der Waals surface area contributed by atoms with Crippen molar-refractivity contribution in [2.24, 2.45) is 10.1 Å². The molecule has 0 radical (unpaired) electrons. The molecule has 3 nitrogen and oxygen atoms in total. The quantitative estimate of drug-likeness (QED) is 0.595. The maximum absolute atomic E-state index is 13.2. The molecule has 0 fully saturated rings. The number of aromatic nitrogens is 1. The first kappa shape index (κ1) is 17.3. The van der Waals surface area contributed by atoms with Gasteiger partial charge in [0.15, 0.2) is 0 Å². The van der Waals surface area contributed by atoms with Crippen LogP contribution >= 0.6 is 11.3 Å². The van der Waals surface area contributed by atoms with Crippen molar-refractivity contribution in [3.63, 3.8) is 0 Å². The third-order valence-electron chi connectivity index (χ3n) is 3.64. The third-order valence-corrected chi connectivity index (χ3v) is 4.47. The summed E-state index contributed by atoms with van der Waals surface area (Å²) in [5.74, 6) is -0.250. The van der Waals surface area contributed by atoms with Crippen molar-refractivity contribution in [2.45, 2.75) is 26.8 Å². The minimum absolute atomic E-state index is 0.176. The lowest BCUT2D eigenvalue weighted by Crippen LogP contribution is -2.16. The van der Waals surface area contributed by atoms with E-state index < -0.39 is 0 Å². The fourth-order valence-electron chi connectivity index (χ4n) is 2.41. The summed E-state index contributed by atoms with van der Waals surface area (Å²) in [6, 6.07) is 16.7. The molecule has 0 aliphatic carbocycles. The van der Waals surface area contributed by atoms with Crippen molar-refractivity contribution in [3.8, 4) is 11.3 Å². The third kappa shape index (κ3) is 4.12. The van der Waals surface area contributed by atoms with Crippen molar-refractivity contribution in [1.29, 1.82) is 0 Å². The predicted molar refractivity (Wildman–Crippen MR) is 102 cm³/mol. The van der Waals surface area contributed by atoms with Crippen LogP contribution in [0.4, 0.5) is 4.39 Å². The average molecular weight is 353 g/mol. The largest absolute Gasteiger partial charge is 0.255 e. The monoisotopic (exact) mass is 353 g/mol. The van der Waals surface area contributed by atoms with Gasteiger partial charge < -0.3 is 0 Å². The van der Waals surface area contributed by atoms with E-state index in [-0.39, 0.29) is 11.9 Å². The molecule has 3 rings (SSSR count). The van der Waals surface area contributed by atoms with E-state index in [1.54, 1.807) is 23.5 Å². The lowest BCUT2D eigenvalue weighted by atomic mass is 10.1. The maximum atomic E-state index is 13.2. The number of thiazole rings is 1. The molecule has 0 bridgehead atoms. The first-order valence-corrected chi connectivity index (χ1v) is 9.04. The molecular formula is C20H20FN3S. The normalized spacial score (nSPS) is 12.8. The smallest absolute Gasteiger partial charge is 0.206 e. The van der Waals surface area contributed by atoms with Gasteiger partial charge in [-0.1, -0.05) is 42.5 Å². The molecular weight excluding hydrogens is 333 g/mol. The van der Waals surface area contributed by atoms with Crippen LogP contribution < -0.4 is 4.80 Å². The summed E-state index contributed by atoms with van der Waals surface area (Å²) in [7, 11) is 0. The standard InChI is InChI=1S/C20H20FN3S/c1-14(2)22-20-24(19(13-25-20)17-7-5-4-6-8-17)23-15(3)16-9-11-18(21)12-10-16/h4-14H,1-3H3. The molecule has 0 spiro atoms. The van der Waals surface area contributed by atoms with E-state index in [4.69, 9.17) is 5.10 Å². The Kier molecular flexibility index (Phi) is 5.24. The van der Waals surface area contributed by atoms with Gasteiger partial charge in [0, 0.05) is 17.0 Å². The Morgan fingerprint density at radius 3 is 2.36 bits per heavy atom. The Labute approximate surface area is 150 Å². The summed E-state index contributed by atoms with van der Waals surface area (Å²) in [6.45, 7) is 6.01. The number of halogens is 1. The van der Waals surface area contributed by atoms with Gasteiger partial charge in [-0.05, 0) is 38.5 Å². The first-order valence-electron chi connectivity index (χ1n) is 8.16. The van der Waals surface area contributed by atoms with Gasteiger partial charge in [0.2, 0.25) is 4.80 Å². The highest BCUT2D eigenvalue weighted by molar-refractivity contribution is 7.07. The van der Waals surface area contributed by atoms with E-state index in [0.29, 0.717) is 0 Å². The van der Waals surface area contributed by atoms with Gasteiger partial charge in [0.1, 0.15) is 5.82 Å². The molecule has 25 heavy (non-hydrogen) atoms. The van der Waals surface area contributed by atoms with Crippen LogP contribution in [0.5, 0.6) is 0 Å². The predicted octanol–water partition coefficient (Wildman–Crippen LogP) is 4.94. The Morgan fingerprint density at radius 1 is 1.04 bits per heavy atom. The topological polar surface area (TPSA) is 29.6 Å². The number of nitrogens with zero attached hydrogens (tertiary/aromatic N) is 3. The van der Waals surface area contributed by atoms with Crippen molar-refractivity contribution in [2.75, 3.05) is 0 Å². The summed E-state index contributed by atoms with van der Waals surface area (Å²) in [4.78, 5) is 5.52. The summed E-state index contributed by atoms with van der Waals surface area (Å²) in [6.07, 6.45) is 0. The molecule has 0 N–H and O–H groups in total. The Morgan fingerprint density at radius 2 is 1.72 bits per heavy atom. The lowest BCUT2D eigenvalue weighted by Gasteiger charge is -2.07. The van der Waals surface area contributed by atoms with Gasteiger partial charge in [-0.25, -0.2) is 9.07 Å². The molecule has 5 heteroatoms. The Bertz CT molecular complexity index is 935. The highest BCUT2D eigenvalue weighted by atomic mass is 32.1. The van der Waals surface area contributed by atoms with Gasteiger partial charge in [-0.2, -0.15) is 5.10 Å². The van der Waals surface area contributed by atoms with Crippen LogP contribution in [-0.4, -0.2) is 16.4 Å². The van der Waals surface area contributed by atoms with Crippen molar-refractivity contribution in [3.05, 3.63) is 76.2 Å². The summed E-state index contributed by atoms with van der Waals surface area (Å²) >= 11 is 1.57.